The summed E-state index contributed by atoms with van der Waals surface area (Å²) < 4.78 is 6.95. The molecule has 82 valence electrons. The van der Waals surface area contributed by atoms with Crippen LogP contribution in [0.15, 0.2) is 24.3 Å². The first-order chi connectivity index (χ1) is 7.36. The molecule has 0 amide bonds. The molecule has 2 nitrogen and oxygen atoms in total. The van der Waals surface area contributed by atoms with E-state index < -0.39 is 12.3 Å². The quantitative estimate of drug-likeness (QED) is 0.629. The summed E-state index contributed by atoms with van der Waals surface area (Å²) in [7, 11) is 4.20. The van der Waals surface area contributed by atoms with Crippen LogP contribution < -0.4 is 10.1 Å². The number of anilines is 1. The van der Waals surface area contributed by atoms with Crippen LogP contribution in [-0.4, -0.2) is 37.1 Å². The van der Waals surface area contributed by atoms with Gasteiger partial charge in [-0.1, -0.05) is 0 Å². The molecule has 1 aromatic rings. The number of hydrogen-bond donors (Lipinski definition) is 1. The van der Waals surface area contributed by atoms with Gasteiger partial charge >= 0.3 is 102 Å². The normalized spacial score (nSPS) is 19.5. The van der Waals surface area contributed by atoms with E-state index in [2.05, 4.69) is 32.2 Å². The fourth-order valence-electron chi connectivity index (χ4n) is 1.24. The molecule has 0 aliphatic carbocycles. The van der Waals surface area contributed by atoms with Gasteiger partial charge in [0, 0.05) is 0 Å². The first kappa shape index (κ1) is 11.7. The van der Waals surface area contributed by atoms with E-state index in [0.717, 1.165) is 30.4 Å². The molecule has 5 heteroatoms. The predicted octanol–water partition coefficient (Wildman–Crippen LogP) is 1.46. The number of hydrogen-bond acceptors (Lipinski definition) is 4. The van der Waals surface area contributed by atoms with Gasteiger partial charge in [0.05, 0.1) is 0 Å². The Morgan fingerprint density at radius 1 is 1.07 bits per heavy atom. The van der Waals surface area contributed by atoms with Crippen molar-refractivity contribution in [3.63, 3.8) is 0 Å². The second-order valence-corrected chi connectivity index (χ2v) is 14.9. The van der Waals surface area contributed by atoms with Crippen LogP contribution in [0.1, 0.15) is 0 Å². The molecule has 0 atom stereocenters. The van der Waals surface area contributed by atoms with E-state index in [-0.39, 0.29) is 0 Å². The van der Waals surface area contributed by atoms with Crippen LogP contribution >= 0.6 is 20.0 Å². The van der Waals surface area contributed by atoms with Gasteiger partial charge in [0.15, 0.2) is 0 Å². The van der Waals surface area contributed by atoms with Crippen LogP contribution in [0.25, 0.3) is 0 Å². The zero-order valence-corrected chi connectivity index (χ0v) is 11.9. The van der Waals surface area contributed by atoms with Gasteiger partial charge in [0.2, 0.25) is 0 Å². The van der Waals surface area contributed by atoms with E-state index in [9.17, 15) is 0 Å². The Balaban J connectivity index is 2.03. The Hall–Kier alpha value is 0.238. The number of ether oxygens (including phenoxy) is 1. The molecule has 15 heavy (non-hydrogen) atoms. The van der Waals surface area contributed by atoms with E-state index in [1.165, 1.54) is 4.35 Å². The Morgan fingerprint density at radius 2 is 1.67 bits per heavy atom. The van der Waals surface area contributed by atoms with Crippen LogP contribution in [0.2, 0.25) is 0 Å². The van der Waals surface area contributed by atoms with Gasteiger partial charge < -0.3 is 0 Å². The second-order valence-electron chi connectivity index (χ2n) is 3.13. The van der Waals surface area contributed by atoms with Crippen molar-refractivity contribution in [2.75, 3.05) is 30.5 Å². The van der Waals surface area contributed by atoms with E-state index in [1.54, 1.807) is 0 Å². The summed E-state index contributed by atoms with van der Waals surface area (Å²) in [5.41, 5.74) is 6.55. The Labute approximate surface area is 102 Å². The Morgan fingerprint density at radius 3 is 2.27 bits per heavy atom. The van der Waals surface area contributed by atoms with E-state index in [0.29, 0.717) is 0 Å². The molecular weight excluding hydrogens is 289 g/mol. The van der Waals surface area contributed by atoms with Crippen molar-refractivity contribution in [1.82, 2.24) is 0 Å². The van der Waals surface area contributed by atoms with Gasteiger partial charge in [0.1, 0.15) is 0 Å². The van der Waals surface area contributed by atoms with Crippen molar-refractivity contribution in [2.45, 2.75) is 0 Å². The summed E-state index contributed by atoms with van der Waals surface area (Å²) in [5, 5.41) is 0. The molecule has 1 heterocycles. The Bertz CT molecular complexity index is 299. The van der Waals surface area contributed by atoms with Crippen molar-refractivity contribution in [1.29, 1.82) is 0 Å². The molecule has 0 saturated carbocycles. The zero-order chi connectivity index (χ0) is 10.5. The van der Waals surface area contributed by atoms with Crippen LogP contribution in [0.5, 0.6) is 0 Å². The summed E-state index contributed by atoms with van der Waals surface area (Å²) in [4.78, 5) is 0. The van der Waals surface area contributed by atoms with Gasteiger partial charge in [-0.05, 0) is 0 Å². The third kappa shape index (κ3) is 3.63. The van der Waals surface area contributed by atoms with E-state index >= 15 is 0 Å². The minimum absolute atomic E-state index is 0.859. The molecule has 0 spiro atoms. The van der Waals surface area contributed by atoms with E-state index in [1.807, 2.05) is 12.1 Å². The fourth-order valence-corrected chi connectivity index (χ4v) is 13.3. The standard InChI is InChI=1S/C10H14AsNOS2/c12-10-3-1-9(2-4-10)11-14-7-5-13-6-8-15-11/h1-4H,5-8,12H2. The van der Waals surface area contributed by atoms with Gasteiger partial charge in [-0.3, -0.25) is 0 Å². The SMILES string of the molecule is Nc1ccc([As]2SCCOCCS2)cc1. The average molecular weight is 303 g/mol. The van der Waals surface area contributed by atoms with Crippen molar-refractivity contribution >= 4 is 42.4 Å². The van der Waals surface area contributed by atoms with Gasteiger partial charge in [-0.2, -0.15) is 0 Å². The maximum atomic E-state index is 5.69. The maximum absolute atomic E-state index is 5.69. The molecule has 1 aliphatic heterocycles. The monoisotopic (exact) mass is 303 g/mol. The minimum atomic E-state index is -0.952. The molecule has 0 unspecified atom stereocenters. The van der Waals surface area contributed by atoms with Gasteiger partial charge in [0.25, 0.3) is 0 Å². The number of benzene rings is 1. The summed E-state index contributed by atoms with van der Waals surface area (Å²) in [6.07, 6.45) is 0. The fraction of sp³-hybridized carbons (Fsp3) is 0.400. The van der Waals surface area contributed by atoms with Crippen molar-refractivity contribution in [3.05, 3.63) is 24.3 Å². The number of nitrogens with two attached hydrogens (primary N) is 1. The van der Waals surface area contributed by atoms with Crippen LogP contribution in [0, 0.1) is 0 Å². The third-order valence-electron chi connectivity index (χ3n) is 1.98. The first-order valence-corrected chi connectivity index (χ1v) is 12.3. The molecule has 1 fully saturated rings. The molecule has 1 aliphatic rings. The van der Waals surface area contributed by atoms with Crippen LogP contribution in [-0.2, 0) is 4.74 Å². The summed E-state index contributed by atoms with van der Waals surface area (Å²) in [6, 6.07) is 8.41. The number of rotatable bonds is 1. The molecular formula is C10H14AsNOS2. The van der Waals surface area contributed by atoms with Gasteiger partial charge in [-0.25, -0.2) is 0 Å². The first-order valence-electron chi connectivity index (χ1n) is 4.85. The average Bonchev–Trinajstić information content (AvgIpc) is 2.19. The van der Waals surface area contributed by atoms with Crippen molar-refractivity contribution in [3.8, 4) is 0 Å². The summed E-state index contributed by atoms with van der Waals surface area (Å²) in [5.74, 6) is 2.27. The van der Waals surface area contributed by atoms with Crippen molar-refractivity contribution in [2.24, 2.45) is 0 Å². The second kappa shape index (κ2) is 6.09. The molecule has 1 aromatic carbocycles. The summed E-state index contributed by atoms with van der Waals surface area (Å²) in [6.45, 7) is 1.82. The number of nitrogen functional groups attached to an aromatic ring is 1. The zero-order valence-electron chi connectivity index (χ0n) is 8.39. The molecule has 2 N–H and O–H groups in total. The Kier molecular flexibility index (Phi) is 4.76. The third-order valence-corrected chi connectivity index (χ3v) is 15.4. The van der Waals surface area contributed by atoms with E-state index in [4.69, 9.17) is 10.5 Å². The molecule has 0 radical (unpaired) electrons. The van der Waals surface area contributed by atoms with Crippen molar-refractivity contribution < 1.29 is 4.74 Å². The molecule has 1 saturated heterocycles. The summed E-state index contributed by atoms with van der Waals surface area (Å²) >= 11 is -0.952. The molecule has 0 bridgehead atoms. The topological polar surface area (TPSA) is 35.2 Å². The van der Waals surface area contributed by atoms with Gasteiger partial charge in [-0.15, -0.1) is 0 Å². The van der Waals surface area contributed by atoms with Crippen LogP contribution in [0.3, 0.4) is 0 Å². The molecule has 2 rings (SSSR count). The predicted molar refractivity (Wildman–Crippen MR) is 72.0 cm³/mol. The van der Waals surface area contributed by atoms with Crippen LogP contribution in [0.4, 0.5) is 5.69 Å². The molecule has 0 aromatic heterocycles.